The molecule has 0 aliphatic heterocycles. The highest BCUT2D eigenvalue weighted by Gasteiger charge is 2.13. The second-order valence-electron chi connectivity index (χ2n) is 4.06. The third-order valence-electron chi connectivity index (χ3n) is 2.87. The number of nitrogens with one attached hydrogen (secondary N) is 1. The maximum atomic E-state index is 9.18. The quantitative estimate of drug-likeness (QED) is 0.849. The van der Waals surface area contributed by atoms with Crippen LogP contribution in [0.25, 0.3) is 0 Å². The van der Waals surface area contributed by atoms with Crippen molar-refractivity contribution in [2.75, 3.05) is 13.7 Å². The molecule has 0 saturated heterocycles. The summed E-state index contributed by atoms with van der Waals surface area (Å²) >= 11 is 3.54. The molecule has 2 N–H and O–H groups in total. The van der Waals surface area contributed by atoms with Crippen molar-refractivity contribution in [2.24, 2.45) is 0 Å². The number of aliphatic hydroxyl groups is 1. The third-order valence-corrected chi connectivity index (χ3v) is 3.56. The minimum absolute atomic E-state index is 0.138. The topological polar surface area (TPSA) is 41.5 Å². The standard InChI is InChI=1S/C13H20BrNO2/c1-4-10(8-16)15-9(2)12-6-5-11(17-3)7-13(12)14/h5-7,9-10,15-16H,4,8H2,1-3H3. The van der Waals surface area contributed by atoms with E-state index in [0.29, 0.717) is 0 Å². The predicted molar refractivity (Wildman–Crippen MR) is 73.4 cm³/mol. The molecule has 2 atom stereocenters. The van der Waals surface area contributed by atoms with E-state index in [4.69, 9.17) is 4.74 Å². The van der Waals surface area contributed by atoms with Gasteiger partial charge in [-0.05, 0) is 31.0 Å². The van der Waals surface area contributed by atoms with Crippen molar-refractivity contribution in [2.45, 2.75) is 32.4 Å². The fraction of sp³-hybridized carbons (Fsp3) is 0.538. The molecule has 4 heteroatoms. The molecular weight excluding hydrogens is 282 g/mol. The van der Waals surface area contributed by atoms with Crippen LogP contribution in [0, 0.1) is 0 Å². The van der Waals surface area contributed by atoms with Gasteiger partial charge in [-0.1, -0.05) is 28.9 Å². The van der Waals surface area contributed by atoms with E-state index < -0.39 is 0 Å². The SMILES string of the molecule is CCC(CO)NC(C)c1ccc(OC)cc1Br. The zero-order chi connectivity index (χ0) is 12.8. The molecule has 0 bridgehead atoms. The minimum atomic E-state index is 0.138. The van der Waals surface area contributed by atoms with Crippen LogP contribution < -0.4 is 10.1 Å². The highest BCUT2D eigenvalue weighted by atomic mass is 79.9. The Labute approximate surface area is 111 Å². The van der Waals surface area contributed by atoms with E-state index in [-0.39, 0.29) is 18.7 Å². The fourth-order valence-electron chi connectivity index (χ4n) is 1.73. The van der Waals surface area contributed by atoms with E-state index in [1.54, 1.807) is 7.11 Å². The number of rotatable bonds is 6. The summed E-state index contributed by atoms with van der Waals surface area (Å²) in [4.78, 5) is 0. The smallest absolute Gasteiger partial charge is 0.120 e. The van der Waals surface area contributed by atoms with E-state index in [1.807, 2.05) is 18.2 Å². The summed E-state index contributed by atoms with van der Waals surface area (Å²) in [6.45, 7) is 4.31. The van der Waals surface area contributed by atoms with Crippen molar-refractivity contribution in [3.63, 3.8) is 0 Å². The Kier molecular flexibility index (Phi) is 5.95. The largest absolute Gasteiger partial charge is 0.497 e. The number of methoxy groups -OCH3 is 1. The second kappa shape index (κ2) is 6.99. The lowest BCUT2D eigenvalue weighted by Gasteiger charge is -2.22. The molecule has 0 spiro atoms. The first-order valence-electron chi connectivity index (χ1n) is 5.82. The van der Waals surface area contributed by atoms with Crippen molar-refractivity contribution < 1.29 is 9.84 Å². The van der Waals surface area contributed by atoms with Gasteiger partial charge in [-0.2, -0.15) is 0 Å². The van der Waals surface area contributed by atoms with Crippen LogP contribution in [0.3, 0.4) is 0 Å². The monoisotopic (exact) mass is 301 g/mol. The number of hydrogen-bond donors (Lipinski definition) is 2. The summed E-state index contributed by atoms with van der Waals surface area (Å²) in [6, 6.07) is 6.25. The van der Waals surface area contributed by atoms with Crippen LogP contribution in [0.5, 0.6) is 5.75 Å². The molecule has 1 aromatic rings. The zero-order valence-electron chi connectivity index (χ0n) is 10.5. The van der Waals surface area contributed by atoms with Crippen LogP contribution in [0.1, 0.15) is 31.9 Å². The molecule has 1 aromatic carbocycles. The van der Waals surface area contributed by atoms with E-state index in [2.05, 4.69) is 35.1 Å². The molecule has 0 heterocycles. The lowest BCUT2D eigenvalue weighted by atomic mass is 10.1. The lowest BCUT2D eigenvalue weighted by molar-refractivity contribution is 0.230. The van der Waals surface area contributed by atoms with Crippen molar-refractivity contribution in [3.05, 3.63) is 28.2 Å². The van der Waals surface area contributed by atoms with Gasteiger partial charge in [0.25, 0.3) is 0 Å². The highest BCUT2D eigenvalue weighted by Crippen LogP contribution is 2.27. The van der Waals surface area contributed by atoms with E-state index >= 15 is 0 Å². The van der Waals surface area contributed by atoms with Gasteiger partial charge in [0.15, 0.2) is 0 Å². The minimum Gasteiger partial charge on any atom is -0.497 e. The molecule has 17 heavy (non-hydrogen) atoms. The molecule has 0 aromatic heterocycles. The Morgan fingerprint density at radius 3 is 2.65 bits per heavy atom. The summed E-state index contributed by atoms with van der Waals surface area (Å²) in [6.07, 6.45) is 0.911. The summed E-state index contributed by atoms with van der Waals surface area (Å²) in [5.74, 6) is 0.835. The summed E-state index contributed by atoms with van der Waals surface area (Å²) in [7, 11) is 1.65. The van der Waals surface area contributed by atoms with Crippen LogP contribution in [-0.2, 0) is 0 Å². The average Bonchev–Trinajstić information content (AvgIpc) is 2.35. The normalized spacial score (nSPS) is 14.4. The van der Waals surface area contributed by atoms with Gasteiger partial charge in [-0.3, -0.25) is 0 Å². The molecule has 0 fully saturated rings. The van der Waals surface area contributed by atoms with E-state index in [9.17, 15) is 5.11 Å². The predicted octanol–water partition coefficient (Wildman–Crippen LogP) is 2.88. The zero-order valence-corrected chi connectivity index (χ0v) is 12.1. The molecule has 2 unspecified atom stereocenters. The maximum absolute atomic E-state index is 9.18. The molecule has 3 nitrogen and oxygen atoms in total. The van der Waals surface area contributed by atoms with Crippen LogP contribution in [0.2, 0.25) is 0 Å². The Balaban J connectivity index is 2.78. The number of ether oxygens (including phenoxy) is 1. The second-order valence-corrected chi connectivity index (χ2v) is 4.92. The first-order valence-corrected chi connectivity index (χ1v) is 6.62. The molecule has 0 radical (unpaired) electrons. The van der Waals surface area contributed by atoms with Gasteiger partial charge in [0.05, 0.1) is 13.7 Å². The van der Waals surface area contributed by atoms with Gasteiger partial charge in [-0.15, -0.1) is 0 Å². The maximum Gasteiger partial charge on any atom is 0.120 e. The molecule has 0 amide bonds. The first-order chi connectivity index (χ1) is 8.12. The first kappa shape index (κ1) is 14.5. The van der Waals surface area contributed by atoms with Crippen LogP contribution >= 0.6 is 15.9 Å². The summed E-state index contributed by atoms with van der Waals surface area (Å²) in [5, 5.41) is 12.6. The Morgan fingerprint density at radius 1 is 1.47 bits per heavy atom. The number of halogens is 1. The molecular formula is C13H20BrNO2. The van der Waals surface area contributed by atoms with Gasteiger partial charge < -0.3 is 15.2 Å². The average molecular weight is 302 g/mol. The van der Waals surface area contributed by atoms with Gasteiger partial charge in [-0.25, -0.2) is 0 Å². The van der Waals surface area contributed by atoms with Gasteiger partial charge in [0.2, 0.25) is 0 Å². The Hall–Kier alpha value is -0.580. The lowest BCUT2D eigenvalue weighted by Crippen LogP contribution is -2.34. The Bertz CT molecular complexity index is 353. The molecule has 96 valence electrons. The van der Waals surface area contributed by atoms with Crippen molar-refractivity contribution in [3.8, 4) is 5.75 Å². The number of hydrogen-bond acceptors (Lipinski definition) is 3. The third kappa shape index (κ3) is 3.98. The van der Waals surface area contributed by atoms with Crippen molar-refractivity contribution in [1.82, 2.24) is 5.32 Å². The number of benzene rings is 1. The van der Waals surface area contributed by atoms with Crippen LogP contribution in [0.4, 0.5) is 0 Å². The van der Waals surface area contributed by atoms with Gasteiger partial charge in [0.1, 0.15) is 5.75 Å². The van der Waals surface area contributed by atoms with Gasteiger partial charge >= 0.3 is 0 Å². The summed E-state index contributed by atoms with van der Waals surface area (Å²) in [5.41, 5.74) is 1.16. The highest BCUT2D eigenvalue weighted by molar-refractivity contribution is 9.10. The molecule has 1 rings (SSSR count). The van der Waals surface area contributed by atoms with Crippen molar-refractivity contribution >= 4 is 15.9 Å². The van der Waals surface area contributed by atoms with Crippen molar-refractivity contribution in [1.29, 1.82) is 0 Å². The van der Waals surface area contributed by atoms with E-state index in [1.165, 1.54) is 0 Å². The van der Waals surface area contributed by atoms with Crippen LogP contribution in [0.15, 0.2) is 22.7 Å². The molecule has 0 saturated carbocycles. The van der Waals surface area contributed by atoms with Crippen LogP contribution in [-0.4, -0.2) is 24.9 Å². The Morgan fingerprint density at radius 2 is 2.18 bits per heavy atom. The fourth-order valence-corrected chi connectivity index (χ4v) is 2.43. The number of aliphatic hydroxyl groups excluding tert-OH is 1. The molecule has 0 aliphatic carbocycles. The van der Waals surface area contributed by atoms with Gasteiger partial charge in [0, 0.05) is 16.6 Å². The van der Waals surface area contributed by atoms with E-state index in [0.717, 1.165) is 22.2 Å². The summed E-state index contributed by atoms with van der Waals surface area (Å²) < 4.78 is 6.18. The molecule has 0 aliphatic rings.